The molecule has 1 aliphatic rings. The normalized spacial score (nSPS) is 22.8. The van der Waals surface area contributed by atoms with Crippen LogP contribution < -0.4 is 5.32 Å². The van der Waals surface area contributed by atoms with Crippen molar-refractivity contribution in [3.63, 3.8) is 0 Å². The topological polar surface area (TPSA) is 96.4 Å². The lowest BCUT2D eigenvalue weighted by molar-refractivity contribution is -0.0169. The van der Waals surface area contributed by atoms with Crippen molar-refractivity contribution >= 4 is 5.91 Å². The minimum absolute atomic E-state index is 0.233. The molecule has 2 atom stereocenters. The molecule has 0 saturated carbocycles. The molecule has 4 rings (SSSR count). The van der Waals surface area contributed by atoms with Crippen LogP contribution in [0.4, 0.5) is 0 Å². The van der Waals surface area contributed by atoms with Crippen LogP contribution in [0.5, 0.6) is 0 Å². The lowest BCUT2D eigenvalue weighted by Crippen LogP contribution is -2.62. The number of furan rings is 1. The molecule has 3 heterocycles. The third-order valence-corrected chi connectivity index (χ3v) is 5.30. The highest BCUT2D eigenvalue weighted by atomic mass is 16.3. The number of amides is 1. The van der Waals surface area contributed by atoms with Crippen molar-refractivity contribution in [2.24, 2.45) is 0 Å². The van der Waals surface area contributed by atoms with Gasteiger partial charge in [-0.25, -0.2) is 4.98 Å². The number of hydrogen-bond donors (Lipinski definition) is 2. The summed E-state index contributed by atoms with van der Waals surface area (Å²) < 4.78 is 7.00. The number of carbonyl (C=O) groups is 1. The molecule has 3 aromatic rings. The Morgan fingerprint density at radius 1 is 1.25 bits per heavy atom. The van der Waals surface area contributed by atoms with Gasteiger partial charge in [-0.2, -0.15) is 5.10 Å². The van der Waals surface area contributed by atoms with Gasteiger partial charge in [0.2, 0.25) is 0 Å². The molecule has 28 heavy (non-hydrogen) atoms. The summed E-state index contributed by atoms with van der Waals surface area (Å²) in [6.45, 7) is 2.63. The van der Waals surface area contributed by atoms with Gasteiger partial charge in [-0.3, -0.25) is 14.4 Å². The molecule has 1 saturated heterocycles. The second-order valence-electron chi connectivity index (χ2n) is 6.99. The number of aliphatic hydroxyl groups excluding tert-OH is 1. The summed E-state index contributed by atoms with van der Waals surface area (Å²) in [7, 11) is 0. The van der Waals surface area contributed by atoms with E-state index in [0.717, 1.165) is 18.7 Å². The summed E-state index contributed by atoms with van der Waals surface area (Å²) in [5, 5.41) is 18.3. The van der Waals surface area contributed by atoms with Gasteiger partial charge >= 0.3 is 0 Å². The van der Waals surface area contributed by atoms with E-state index in [1.54, 1.807) is 23.1 Å². The van der Waals surface area contributed by atoms with E-state index < -0.39 is 11.6 Å². The third kappa shape index (κ3) is 3.69. The molecule has 8 nitrogen and oxygen atoms in total. The van der Waals surface area contributed by atoms with Crippen LogP contribution in [-0.2, 0) is 12.1 Å². The Bertz CT molecular complexity index is 882. The largest absolute Gasteiger partial charge is 0.459 e. The van der Waals surface area contributed by atoms with Crippen molar-refractivity contribution in [2.75, 3.05) is 19.6 Å². The van der Waals surface area contributed by atoms with E-state index >= 15 is 0 Å². The van der Waals surface area contributed by atoms with Gasteiger partial charge in [-0.15, -0.1) is 0 Å². The molecule has 2 aromatic heterocycles. The minimum atomic E-state index is -0.866. The van der Waals surface area contributed by atoms with E-state index in [9.17, 15) is 9.90 Å². The molecule has 1 amide bonds. The lowest BCUT2D eigenvalue weighted by Gasteiger charge is -2.46. The first kappa shape index (κ1) is 18.4. The molecular formula is C20H23N5O3. The highest BCUT2D eigenvalue weighted by Gasteiger charge is 2.45. The van der Waals surface area contributed by atoms with Crippen LogP contribution in [0, 0.1) is 0 Å². The first-order chi connectivity index (χ1) is 13.7. The van der Waals surface area contributed by atoms with Gasteiger partial charge in [0.25, 0.3) is 5.91 Å². The number of nitrogens with one attached hydrogen (secondary N) is 1. The molecule has 1 aromatic carbocycles. The molecule has 0 bridgehead atoms. The summed E-state index contributed by atoms with van der Waals surface area (Å²) in [6.07, 6.45) is 4.47. The summed E-state index contributed by atoms with van der Waals surface area (Å²) in [6, 6.07) is 12.9. The van der Waals surface area contributed by atoms with Crippen LogP contribution in [0.3, 0.4) is 0 Å². The summed E-state index contributed by atoms with van der Waals surface area (Å²) in [5.41, 5.74) is 0.0212. The number of rotatable bonds is 6. The predicted octanol–water partition coefficient (Wildman–Crippen LogP) is 1.26. The SMILES string of the molecule is O=C(N[C@]1(c2ccccc2)CCN(CCn2cncn2)C[C@H]1O)c1ccco1. The highest BCUT2D eigenvalue weighted by Crippen LogP contribution is 2.33. The van der Waals surface area contributed by atoms with E-state index in [4.69, 9.17) is 4.42 Å². The van der Waals surface area contributed by atoms with Crippen LogP contribution in [0.1, 0.15) is 22.5 Å². The fourth-order valence-corrected chi connectivity index (χ4v) is 3.75. The molecule has 2 N–H and O–H groups in total. The summed E-state index contributed by atoms with van der Waals surface area (Å²) in [4.78, 5) is 18.8. The second kappa shape index (κ2) is 7.95. The zero-order chi connectivity index (χ0) is 19.4. The van der Waals surface area contributed by atoms with Gasteiger partial charge in [0.1, 0.15) is 12.7 Å². The molecule has 0 radical (unpaired) electrons. The minimum Gasteiger partial charge on any atom is -0.459 e. The molecule has 1 aliphatic heterocycles. The van der Waals surface area contributed by atoms with Crippen molar-refractivity contribution < 1.29 is 14.3 Å². The Morgan fingerprint density at radius 2 is 2.11 bits per heavy atom. The zero-order valence-electron chi connectivity index (χ0n) is 15.4. The third-order valence-electron chi connectivity index (χ3n) is 5.30. The van der Waals surface area contributed by atoms with Crippen molar-refractivity contribution in [1.29, 1.82) is 0 Å². The van der Waals surface area contributed by atoms with Crippen LogP contribution in [0.2, 0.25) is 0 Å². The maximum Gasteiger partial charge on any atom is 0.287 e. The summed E-state index contributed by atoms with van der Waals surface area (Å²) >= 11 is 0. The van der Waals surface area contributed by atoms with Crippen LogP contribution >= 0.6 is 0 Å². The van der Waals surface area contributed by atoms with E-state index in [1.165, 1.54) is 12.6 Å². The van der Waals surface area contributed by atoms with Gasteiger partial charge in [0.05, 0.1) is 24.5 Å². The maximum atomic E-state index is 12.7. The Labute approximate surface area is 162 Å². The number of piperidine rings is 1. The number of aromatic nitrogens is 3. The number of β-amino-alcohol motifs (C(OH)–C–C–N with tert-alkyl or cyclic N) is 1. The Balaban J connectivity index is 1.52. The molecule has 0 aliphatic carbocycles. The molecule has 0 spiro atoms. The first-order valence-corrected chi connectivity index (χ1v) is 9.32. The predicted molar refractivity (Wildman–Crippen MR) is 101 cm³/mol. The second-order valence-corrected chi connectivity index (χ2v) is 6.99. The maximum absolute atomic E-state index is 12.7. The van der Waals surface area contributed by atoms with Crippen molar-refractivity contribution in [2.45, 2.75) is 24.6 Å². The Kier molecular flexibility index (Phi) is 5.23. The average Bonchev–Trinajstić information content (AvgIpc) is 3.43. The smallest absolute Gasteiger partial charge is 0.287 e. The Hall–Kier alpha value is -2.97. The van der Waals surface area contributed by atoms with Gasteiger partial charge in [0, 0.05) is 19.6 Å². The van der Waals surface area contributed by atoms with E-state index in [-0.39, 0.29) is 11.7 Å². The van der Waals surface area contributed by atoms with Crippen molar-refractivity contribution in [3.05, 3.63) is 72.7 Å². The fraction of sp³-hybridized carbons (Fsp3) is 0.350. The molecule has 8 heteroatoms. The van der Waals surface area contributed by atoms with E-state index in [2.05, 4.69) is 20.3 Å². The Morgan fingerprint density at radius 3 is 2.79 bits per heavy atom. The monoisotopic (exact) mass is 381 g/mol. The standard InChI is InChI=1S/C20H23N5O3/c26-18-13-24(10-11-25-15-21-14-22-25)9-8-20(18,16-5-2-1-3-6-16)23-19(27)17-7-4-12-28-17/h1-7,12,14-15,18,26H,8-11,13H2,(H,23,27)/t18-,20+/m1/s1. The van der Waals surface area contributed by atoms with Gasteiger partial charge in [-0.05, 0) is 24.1 Å². The zero-order valence-corrected chi connectivity index (χ0v) is 15.4. The van der Waals surface area contributed by atoms with Crippen LogP contribution in [0.15, 0.2) is 65.8 Å². The van der Waals surface area contributed by atoms with Gasteiger partial charge in [0.15, 0.2) is 5.76 Å². The highest BCUT2D eigenvalue weighted by molar-refractivity contribution is 5.92. The molecular weight excluding hydrogens is 358 g/mol. The number of hydrogen-bond acceptors (Lipinski definition) is 6. The quantitative estimate of drug-likeness (QED) is 0.667. The molecule has 1 fully saturated rings. The van der Waals surface area contributed by atoms with E-state index in [0.29, 0.717) is 19.5 Å². The fourth-order valence-electron chi connectivity index (χ4n) is 3.75. The number of carbonyl (C=O) groups excluding carboxylic acids is 1. The number of nitrogens with zero attached hydrogens (tertiary/aromatic N) is 4. The first-order valence-electron chi connectivity index (χ1n) is 9.32. The van der Waals surface area contributed by atoms with Gasteiger partial charge < -0.3 is 14.8 Å². The average molecular weight is 381 g/mol. The molecule has 146 valence electrons. The number of aliphatic hydroxyl groups is 1. The van der Waals surface area contributed by atoms with Crippen LogP contribution in [0.25, 0.3) is 0 Å². The molecule has 0 unspecified atom stereocenters. The summed E-state index contributed by atoms with van der Waals surface area (Å²) in [5.74, 6) is -0.0971. The van der Waals surface area contributed by atoms with Crippen molar-refractivity contribution in [1.82, 2.24) is 25.0 Å². The van der Waals surface area contributed by atoms with E-state index in [1.807, 2.05) is 30.3 Å². The van der Waals surface area contributed by atoms with Crippen molar-refractivity contribution in [3.8, 4) is 0 Å². The van der Waals surface area contributed by atoms with Gasteiger partial charge in [-0.1, -0.05) is 30.3 Å². The number of likely N-dealkylation sites (tertiary alicyclic amines) is 1. The lowest BCUT2D eigenvalue weighted by atomic mass is 9.78. The van der Waals surface area contributed by atoms with Crippen LogP contribution in [-0.4, -0.2) is 56.4 Å². The number of benzene rings is 1.